The molecule has 0 N–H and O–H groups in total. The van der Waals surface area contributed by atoms with Gasteiger partial charge in [0.2, 0.25) is 0 Å². The van der Waals surface area contributed by atoms with Crippen LogP contribution < -0.4 is 0 Å². The molecule has 0 fully saturated rings. The van der Waals surface area contributed by atoms with E-state index in [0.29, 0.717) is 5.56 Å². The zero-order valence-electron chi connectivity index (χ0n) is 9.72. The van der Waals surface area contributed by atoms with Crippen LogP contribution >= 0.6 is 0 Å². The topological polar surface area (TPSA) is 17.8 Å². The lowest BCUT2D eigenvalue weighted by Crippen LogP contribution is -2.08. The Balaban J connectivity index is 2.55. The molecule has 0 bridgehead atoms. The molecule has 96 valence electrons. The fourth-order valence-corrected chi connectivity index (χ4v) is 1.64. The Morgan fingerprint density at radius 1 is 1.11 bits per heavy atom. The molecule has 0 spiro atoms. The Hall–Kier alpha value is -1.85. The van der Waals surface area contributed by atoms with Gasteiger partial charge in [-0.2, -0.15) is 18.3 Å². The molecule has 0 aliphatic rings. The molecule has 2 nitrogen and oxygen atoms in total. The summed E-state index contributed by atoms with van der Waals surface area (Å²) in [5, 5.41) is 3.39. The van der Waals surface area contributed by atoms with E-state index in [1.54, 1.807) is 13.0 Å². The summed E-state index contributed by atoms with van der Waals surface area (Å²) in [6.45, 7) is 3.14. The maximum absolute atomic E-state index is 13.7. The summed E-state index contributed by atoms with van der Waals surface area (Å²) in [5.41, 5.74) is -0.101. The second kappa shape index (κ2) is 4.12. The minimum absolute atomic E-state index is 0.00796. The molecule has 0 amide bonds. The van der Waals surface area contributed by atoms with E-state index in [-0.39, 0.29) is 11.4 Å². The molecular weight excluding hydrogens is 248 g/mol. The highest BCUT2D eigenvalue weighted by molar-refractivity contribution is 5.37. The predicted octanol–water partition coefficient (Wildman–Crippen LogP) is 3.65. The van der Waals surface area contributed by atoms with Crippen molar-refractivity contribution < 1.29 is 17.6 Å². The van der Waals surface area contributed by atoms with Gasteiger partial charge in [0.1, 0.15) is 11.5 Å². The van der Waals surface area contributed by atoms with Gasteiger partial charge in [-0.15, -0.1) is 0 Å². The van der Waals surface area contributed by atoms with Gasteiger partial charge in [-0.1, -0.05) is 6.07 Å². The SMILES string of the molecule is Cc1ccc(-n2nc(C(F)(F)F)cc2C)c(F)c1. The van der Waals surface area contributed by atoms with E-state index in [1.807, 2.05) is 0 Å². The number of benzene rings is 1. The third kappa shape index (κ3) is 2.23. The van der Waals surface area contributed by atoms with Crippen molar-refractivity contribution in [2.75, 3.05) is 0 Å². The molecule has 1 aromatic heterocycles. The Labute approximate surface area is 101 Å². The molecule has 0 radical (unpaired) electrons. The van der Waals surface area contributed by atoms with Crippen LogP contribution in [-0.2, 0) is 6.18 Å². The molecule has 1 heterocycles. The van der Waals surface area contributed by atoms with E-state index in [2.05, 4.69) is 5.10 Å². The zero-order chi connectivity index (χ0) is 13.5. The number of halogens is 4. The molecular formula is C12H10F4N2. The summed E-state index contributed by atoms with van der Waals surface area (Å²) < 4.78 is 52.1. The number of alkyl halides is 3. The fourth-order valence-electron chi connectivity index (χ4n) is 1.64. The van der Waals surface area contributed by atoms with Crippen LogP contribution in [-0.4, -0.2) is 9.78 Å². The monoisotopic (exact) mass is 258 g/mol. The van der Waals surface area contributed by atoms with Gasteiger partial charge < -0.3 is 0 Å². The van der Waals surface area contributed by atoms with Crippen LogP contribution in [0.4, 0.5) is 17.6 Å². The maximum atomic E-state index is 13.7. The molecule has 2 aromatic rings. The van der Waals surface area contributed by atoms with Gasteiger partial charge in [0.05, 0.1) is 0 Å². The van der Waals surface area contributed by atoms with E-state index in [9.17, 15) is 17.6 Å². The number of aromatic nitrogens is 2. The van der Waals surface area contributed by atoms with Crippen LogP contribution in [0.1, 0.15) is 17.0 Å². The number of hydrogen-bond donors (Lipinski definition) is 0. The zero-order valence-corrected chi connectivity index (χ0v) is 9.72. The largest absolute Gasteiger partial charge is 0.435 e. The smallest absolute Gasteiger partial charge is 0.235 e. The number of rotatable bonds is 1. The average Bonchev–Trinajstić information content (AvgIpc) is 2.60. The highest BCUT2D eigenvalue weighted by Gasteiger charge is 2.34. The van der Waals surface area contributed by atoms with Crippen LogP contribution in [0.3, 0.4) is 0 Å². The molecule has 0 saturated heterocycles. The summed E-state index contributed by atoms with van der Waals surface area (Å²) in [6, 6.07) is 5.17. The van der Waals surface area contributed by atoms with E-state index >= 15 is 0 Å². The van der Waals surface area contributed by atoms with Crippen molar-refractivity contribution in [3.05, 3.63) is 47.0 Å². The van der Waals surface area contributed by atoms with Crippen LogP contribution in [0.15, 0.2) is 24.3 Å². The first kappa shape index (κ1) is 12.6. The number of nitrogens with zero attached hydrogens (tertiary/aromatic N) is 2. The lowest BCUT2D eigenvalue weighted by Gasteiger charge is -2.06. The van der Waals surface area contributed by atoms with Gasteiger partial charge in [0, 0.05) is 5.69 Å². The van der Waals surface area contributed by atoms with Crippen molar-refractivity contribution in [2.24, 2.45) is 0 Å². The third-order valence-electron chi connectivity index (χ3n) is 2.51. The molecule has 0 unspecified atom stereocenters. The van der Waals surface area contributed by atoms with Crippen molar-refractivity contribution in [2.45, 2.75) is 20.0 Å². The van der Waals surface area contributed by atoms with Crippen LogP contribution in [0, 0.1) is 19.7 Å². The minimum Gasteiger partial charge on any atom is -0.235 e. The van der Waals surface area contributed by atoms with E-state index in [0.717, 1.165) is 10.7 Å². The van der Waals surface area contributed by atoms with Crippen molar-refractivity contribution in [3.63, 3.8) is 0 Å². The van der Waals surface area contributed by atoms with Crippen LogP contribution in [0.5, 0.6) is 0 Å². The molecule has 18 heavy (non-hydrogen) atoms. The highest BCUT2D eigenvalue weighted by Crippen LogP contribution is 2.29. The van der Waals surface area contributed by atoms with E-state index in [1.165, 1.54) is 19.1 Å². The minimum atomic E-state index is -4.53. The molecule has 1 aromatic carbocycles. The quantitative estimate of drug-likeness (QED) is 0.714. The molecule has 0 aliphatic carbocycles. The Morgan fingerprint density at radius 2 is 1.78 bits per heavy atom. The molecule has 0 aliphatic heterocycles. The summed E-state index contributed by atoms with van der Waals surface area (Å²) in [7, 11) is 0. The first-order chi connectivity index (χ1) is 8.29. The summed E-state index contributed by atoms with van der Waals surface area (Å²) in [5.74, 6) is -0.602. The predicted molar refractivity (Wildman–Crippen MR) is 58.0 cm³/mol. The van der Waals surface area contributed by atoms with Crippen molar-refractivity contribution >= 4 is 0 Å². The molecule has 0 atom stereocenters. The Bertz CT molecular complexity index is 584. The van der Waals surface area contributed by atoms with Gasteiger partial charge >= 0.3 is 6.18 Å². The standard InChI is InChI=1S/C12H10F4N2/c1-7-3-4-10(9(13)5-7)18-8(2)6-11(17-18)12(14,15)16/h3-6H,1-2H3. The van der Waals surface area contributed by atoms with E-state index in [4.69, 9.17) is 0 Å². The van der Waals surface area contributed by atoms with Gasteiger partial charge in [-0.05, 0) is 37.6 Å². The van der Waals surface area contributed by atoms with Crippen molar-refractivity contribution in [1.29, 1.82) is 0 Å². The van der Waals surface area contributed by atoms with Gasteiger partial charge in [-0.3, -0.25) is 0 Å². The molecule has 2 rings (SSSR count). The van der Waals surface area contributed by atoms with Gasteiger partial charge in [0.15, 0.2) is 5.69 Å². The van der Waals surface area contributed by atoms with Gasteiger partial charge in [0.25, 0.3) is 0 Å². The lowest BCUT2D eigenvalue weighted by molar-refractivity contribution is -0.141. The van der Waals surface area contributed by atoms with E-state index < -0.39 is 17.7 Å². The highest BCUT2D eigenvalue weighted by atomic mass is 19.4. The second-order valence-electron chi connectivity index (χ2n) is 4.04. The van der Waals surface area contributed by atoms with Crippen molar-refractivity contribution in [3.8, 4) is 5.69 Å². The van der Waals surface area contributed by atoms with Crippen molar-refractivity contribution in [1.82, 2.24) is 9.78 Å². The molecule has 6 heteroatoms. The lowest BCUT2D eigenvalue weighted by atomic mass is 10.2. The summed E-state index contributed by atoms with van der Waals surface area (Å²) >= 11 is 0. The maximum Gasteiger partial charge on any atom is 0.435 e. The first-order valence-electron chi connectivity index (χ1n) is 5.19. The van der Waals surface area contributed by atoms with Crippen LogP contribution in [0.25, 0.3) is 5.69 Å². The second-order valence-corrected chi connectivity index (χ2v) is 4.04. The normalized spacial score (nSPS) is 11.9. The van der Waals surface area contributed by atoms with Gasteiger partial charge in [-0.25, -0.2) is 9.07 Å². The fraction of sp³-hybridized carbons (Fsp3) is 0.250. The Morgan fingerprint density at radius 3 is 2.28 bits per heavy atom. The Kier molecular flexibility index (Phi) is 2.88. The molecule has 0 saturated carbocycles. The van der Waals surface area contributed by atoms with Crippen LogP contribution in [0.2, 0.25) is 0 Å². The average molecular weight is 258 g/mol. The number of aryl methyl sites for hydroxylation is 2. The first-order valence-corrected chi connectivity index (χ1v) is 5.19. The summed E-state index contributed by atoms with van der Waals surface area (Å²) in [4.78, 5) is 0. The number of hydrogen-bond acceptors (Lipinski definition) is 1. The third-order valence-corrected chi connectivity index (χ3v) is 2.51. The summed E-state index contributed by atoms with van der Waals surface area (Å²) in [6.07, 6.45) is -4.53.